The first-order valence-corrected chi connectivity index (χ1v) is 6.82. The number of fused-ring (bicyclic) bond motifs is 1. The molecule has 1 aromatic heterocycles. The molecule has 0 atom stereocenters. The van der Waals surface area contributed by atoms with Gasteiger partial charge in [-0.2, -0.15) is 0 Å². The van der Waals surface area contributed by atoms with Gasteiger partial charge in [0.05, 0.1) is 18.2 Å². The van der Waals surface area contributed by atoms with Crippen molar-refractivity contribution < 1.29 is 14.6 Å². The molecule has 0 amide bonds. The molecule has 3 aromatic rings. The predicted molar refractivity (Wildman–Crippen MR) is 80.1 cm³/mol. The van der Waals surface area contributed by atoms with Gasteiger partial charge in [0, 0.05) is 4.47 Å². The summed E-state index contributed by atoms with van der Waals surface area (Å²) in [6.07, 6.45) is 0. The zero-order valence-corrected chi connectivity index (χ0v) is 12.5. The van der Waals surface area contributed by atoms with Crippen LogP contribution in [0.25, 0.3) is 16.7 Å². The first-order chi connectivity index (χ1) is 10.1. The summed E-state index contributed by atoms with van der Waals surface area (Å²) in [5.41, 5.74) is 2.11. The monoisotopic (exact) mass is 347 g/mol. The van der Waals surface area contributed by atoms with Crippen molar-refractivity contribution in [3.63, 3.8) is 0 Å². The molecule has 0 saturated heterocycles. The third-order valence-corrected chi connectivity index (χ3v) is 3.55. The molecule has 1 N–H and O–H groups in total. The lowest BCUT2D eigenvalue weighted by molar-refractivity contribution is 0.0697. The summed E-state index contributed by atoms with van der Waals surface area (Å²) in [6.45, 7) is 0. The van der Waals surface area contributed by atoms with Gasteiger partial charge in [-0.3, -0.25) is 0 Å². The molecular weight excluding hydrogens is 338 g/mol. The van der Waals surface area contributed by atoms with Gasteiger partial charge < -0.3 is 9.84 Å². The lowest BCUT2D eigenvalue weighted by Gasteiger charge is -2.09. The van der Waals surface area contributed by atoms with Gasteiger partial charge in [-0.05, 0) is 36.4 Å². The van der Waals surface area contributed by atoms with Gasteiger partial charge in [-0.15, -0.1) is 5.10 Å². The van der Waals surface area contributed by atoms with Crippen LogP contribution in [0, 0.1) is 0 Å². The molecule has 1 heterocycles. The Kier molecular flexibility index (Phi) is 3.34. The van der Waals surface area contributed by atoms with Crippen LogP contribution in [-0.2, 0) is 0 Å². The van der Waals surface area contributed by atoms with Gasteiger partial charge in [0.1, 0.15) is 17.0 Å². The van der Waals surface area contributed by atoms with Gasteiger partial charge in [0.2, 0.25) is 0 Å². The molecule has 0 saturated carbocycles. The lowest BCUT2D eigenvalue weighted by Crippen LogP contribution is -2.00. The van der Waals surface area contributed by atoms with E-state index in [4.69, 9.17) is 9.84 Å². The van der Waals surface area contributed by atoms with Crippen molar-refractivity contribution >= 4 is 32.9 Å². The number of hydrogen-bond donors (Lipinski definition) is 1. The average Bonchev–Trinajstić information content (AvgIpc) is 2.89. The summed E-state index contributed by atoms with van der Waals surface area (Å²) in [6, 6.07) is 10.2. The molecule has 0 aliphatic rings. The second-order valence-corrected chi connectivity index (χ2v) is 5.24. The number of carbonyl (C=O) groups is 1. The standard InChI is InChI=1S/C14H10BrN3O3/c1-21-13-5-3-9(15)7-12(13)18-11-4-2-8(14(19)20)6-10(11)16-17-18/h2-7H,1H3,(H,19,20). The highest BCUT2D eigenvalue weighted by Crippen LogP contribution is 2.28. The molecule has 0 bridgehead atoms. The molecule has 0 aliphatic carbocycles. The van der Waals surface area contributed by atoms with Crippen molar-refractivity contribution in [2.45, 2.75) is 0 Å². The fourth-order valence-electron chi connectivity index (χ4n) is 2.06. The van der Waals surface area contributed by atoms with Crippen LogP contribution in [-0.4, -0.2) is 33.2 Å². The second kappa shape index (κ2) is 5.17. The molecule has 6 nitrogen and oxygen atoms in total. The summed E-state index contributed by atoms with van der Waals surface area (Å²) in [5, 5.41) is 17.1. The minimum absolute atomic E-state index is 0.177. The largest absolute Gasteiger partial charge is 0.494 e. The fourth-order valence-corrected chi connectivity index (χ4v) is 2.41. The maximum absolute atomic E-state index is 11.0. The van der Waals surface area contributed by atoms with Crippen LogP contribution in [0.15, 0.2) is 40.9 Å². The van der Waals surface area contributed by atoms with Crippen molar-refractivity contribution in [2.75, 3.05) is 7.11 Å². The summed E-state index contributed by atoms with van der Waals surface area (Å²) < 4.78 is 7.83. The minimum atomic E-state index is -0.994. The first-order valence-electron chi connectivity index (χ1n) is 6.03. The summed E-state index contributed by atoms with van der Waals surface area (Å²) in [7, 11) is 1.58. The molecule has 0 unspecified atom stereocenters. The van der Waals surface area contributed by atoms with Gasteiger partial charge in [0.15, 0.2) is 0 Å². The normalized spacial score (nSPS) is 10.8. The molecule has 0 spiro atoms. The van der Waals surface area contributed by atoms with Crippen LogP contribution in [0.2, 0.25) is 0 Å². The minimum Gasteiger partial charge on any atom is -0.494 e. The van der Waals surface area contributed by atoms with E-state index in [2.05, 4.69) is 26.2 Å². The Labute approximate surface area is 128 Å². The van der Waals surface area contributed by atoms with Gasteiger partial charge in [-0.25, -0.2) is 9.48 Å². The smallest absolute Gasteiger partial charge is 0.335 e. The van der Waals surface area contributed by atoms with Crippen LogP contribution in [0.1, 0.15) is 10.4 Å². The number of methoxy groups -OCH3 is 1. The Morgan fingerprint density at radius 1 is 1.29 bits per heavy atom. The van der Waals surface area contributed by atoms with Crippen LogP contribution < -0.4 is 4.74 Å². The number of ether oxygens (including phenoxy) is 1. The van der Waals surface area contributed by atoms with Crippen molar-refractivity contribution in [2.24, 2.45) is 0 Å². The quantitative estimate of drug-likeness (QED) is 0.788. The van der Waals surface area contributed by atoms with E-state index in [9.17, 15) is 4.79 Å². The Morgan fingerprint density at radius 3 is 2.81 bits per heavy atom. The van der Waals surface area contributed by atoms with E-state index in [0.29, 0.717) is 16.8 Å². The zero-order valence-electron chi connectivity index (χ0n) is 10.9. The van der Waals surface area contributed by atoms with Crippen LogP contribution >= 0.6 is 15.9 Å². The molecule has 21 heavy (non-hydrogen) atoms. The third-order valence-electron chi connectivity index (χ3n) is 3.06. The van der Waals surface area contributed by atoms with E-state index in [-0.39, 0.29) is 5.56 Å². The number of aromatic nitrogens is 3. The van der Waals surface area contributed by atoms with E-state index in [1.165, 1.54) is 12.1 Å². The summed E-state index contributed by atoms with van der Waals surface area (Å²) in [4.78, 5) is 11.0. The maximum Gasteiger partial charge on any atom is 0.335 e. The van der Waals surface area contributed by atoms with Crippen molar-refractivity contribution in [1.82, 2.24) is 15.0 Å². The fraction of sp³-hybridized carbons (Fsp3) is 0.0714. The molecule has 106 valence electrons. The highest BCUT2D eigenvalue weighted by Gasteiger charge is 2.13. The van der Waals surface area contributed by atoms with Gasteiger partial charge >= 0.3 is 5.97 Å². The Hall–Kier alpha value is -2.41. The Balaban J connectivity index is 2.22. The first kappa shape index (κ1) is 13.6. The number of hydrogen-bond acceptors (Lipinski definition) is 4. The van der Waals surface area contributed by atoms with E-state index < -0.39 is 5.97 Å². The Morgan fingerprint density at radius 2 is 2.10 bits per heavy atom. The molecule has 0 fully saturated rings. The lowest BCUT2D eigenvalue weighted by atomic mass is 10.2. The summed E-state index contributed by atoms with van der Waals surface area (Å²) in [5.74, 6) is -0.348. The molecule has 2 aromatic carbocycles. The number of benzene rings is 2. The maximum atomic E-state index is 11.0. The number of carboxylic acid groups (broad SMARTS) is 1. The molecule has 7 heteroatoms. The molecule has 3 rings (SSSR count). The van der Waals surface area contributed by atoms with E-state index in [0.717, 1.165) is 10.2 Å². The average molecular weight is 348 g/mol. The van der Waals surface area contributed by atoms with Gasteiger partial charge in [-0.1, -0.05) is 21.1 Å². The number of aromatic carboxylic acids is 1. The number of halogens is 1. The summed E-state index contributed by atoms with van der Waals surface area (Å²) >= 11 is 3.41. The van der Waals surface area contributed by atoms with E-state index >= 15 is 0 Å². The Bertz CT molecular complexity index is 845. The number of carboxylic acids is 1. The second-order valence-electron chi connectivity index (χ2n) is 4.33. The van der Waals surface area contributed by atoms with Crippen LogP contribution in [0.5, 0.6) is 5.75 Å². The zero-order chi connectivity index (χ0) is 15.0. The number of rotatable bonds is 3. The van der Waals surface area contributed by atoms with Crippen molar-refractivity contribution in [3.8, 4) is 11.4 Å². The molecular formula is C14H10BrN3O3. The highest BCUT2D eigenvalue weighted by atomic mass is 79.9. The van der Waals surface area contributed by atoms with Crippen molar-refractivity contribution in [1.29, 1.82) is 0 Å². The van der Waals surface area contributed by atoms with Gasteiger partial charge in [0.25, 0.3) is 0 Å². The van der Waals surface area contributed by atoms with E-state index in [1.807, 2.05) is 18.2 Å². The predicted octanol–water partition coefficient (Wildman–Crippen LogP) is 2.89. The number of nitrogens with zero attached hydrogens (tertiary/aromatic N) is 3. The van der Waals surface area contributed by atoms with E-state index in [1.54, 1.807) is 17.9 Å². The van der Waals surface area contributed by atoms with Crippen LogP contribution in [0.4, 0.5) is 0 Å². The molecule has 0 radical (unpaired) electrons. The topological polar surface area (TPSA) is 77.2 Å². The SMILES string of the molecule is COc1ccc(Br)cc1-n1nnc2cc(C(=O)O)ccc21. The third kappa shape index (κ3) is 2.36. The van der Waals surface area contributed by atoms with Crippen molar-refractivity contribution in [3.05, 3.63) is 46.4 Å². The van der Waals surface area contributed by atoms with Crippen LogP contribution in [0.3, 0.4) is 0 Å². The molecule has 0 aliphatic heterocycles. The highest BCUT2D eigenvalue weighted by molar-refractivity contribution is 9.10.